The van der Waals surface area contributed by atoms with E-state index in [-0.39, 0.29) is 11.6 Å². The fourth-order valence-corrected chi connectivity index (χ4v) is 4.78. The molecular formula is C29H31N7O2. The maximum Gasteiger partial charge on any atom is 0.252 e. The SMILES string of the molecule is CCC(c1nnnn1Cc1ccc(OC)cc1)N(Cc1cccnc1)Cc1cc2cc(C)ccc2[nH]c1=O. The van der Waals surface area contributed by atoms with Crippen molar-refractivity contribution in [3.8, 4) is 5.75 Å². The van der Waals surface area contributed by atoms with Crippen LogP contribution in [0.2, 0.25) is 0 Å². The summed E-state index contributed by atoms with van der Waals surface area (Å²) in [5.41, 5.74) is 4.69. The summed E-state index contributed by atoms with van der Waals surface area (Å²) in [4.78, 5) is 22.7. The number of tetrazole rings is 1. The van der Waals surface area contributed by atoms with Gasteiger partial charge in [0.2, 0.25) is 0 Å². The Hall–Kier alpha value is -4.37. The molecule has 0 aliphatic rings. The molecule has 1 unspecified atom stereocenters. The number of nitrogens with one attached hydrogen (secondary N) is 1. The first kappa shape index (κ1) is 25.3. The molecule has 0 fully saturated rings. The Bertz CT molecular complexity index is 1560. The van der Waals surface area contributed by atoms with Crippen LogP contribution in [0.25, 0.3) is 10.9 Å². The van der Waals surface area contributed by atoms with Gasteiger partial charge in [0.25, 0.3) is 5.56 Å². The second kappa shape index (κ2) is 11.4. The topological polar surface area (TPSA) is 102 Å². The number of aromatic amines is 1. The van der Waals surface area contributed by atoms with Crippen LogP contribution in [0.1, 0.15) is 47.5 Å². The van der Waals surface area contributed by atoms with E-state index >= 15 is 0 Å². The number of pyridine rings is 2. The van der Waals surface area contributed by atoms with Crippen molar-refractivity contribution in [1.82, 2.24) is 35.1 Å². The third kappa shape index (κ3) is 5.63. The highest BCUT2D eigenvalue weighted by molar-refractivity contribution is 5.79. The predicted molar refractivity (Wildman–Crippen MR) is 146 cm³/mol. The van der Waals surface area contributed by atoms with Gasteiger partial charge in [-0.1, -0.05) is 36.8 Å². The fraction of sp³-hybridized carbons (Fsp3) is 0.276. The van der Waals surface area contributed by atoms with Gasteiger partial charge in [-0.05, 0) is 76.7 Å². The van der Waals surface area contributed by atoms with E-state index in [0.29, 0.717) is 25.2 Å². The third-order valence-corrected chi connectivity index (χ3v) is 6.74. The summed E-state index contributed by atoms with van der Waals surface area (Å²) in [6.45, 7) is 5.71. The highest BCUT2D eigenvalue weighted by atomic mass is 16.5. The Morgan fingerprint density at radius 1 is 1.05 bits per heavy atom. The smallest absolute Gasteiger partial charge is 0.252 e. The third-order valence-electron chi connectivity index (χ3n) is 6.74. The van der Waals surface area contributed by atoms with Gasteiger partial charge in [0.15, 0.2) is 5.82 Å². The van der Waals surface area contributed by atoms with E-state index in [2.05, 4.69) is 50.3 Å². The summed E-state index contributed by atoms with van der Waals surface area (Å²) in [6, 6.07) is 19.7. The van der Waals surface area contributed by atoms with Gasteiger partial charge in [0.05, 0.1) is 19.7 Å². The Morgan fingerprint density at radius 3 is 2.63 bits per heavy atom. The largest absolute Gasteiger partial charge is 0.497 e. The van der Waals surface area contributed by atoms with Crippen molar-refractivity contribution in [1.29, 1.82) is 0 Å². The molecule has 1 N–H and O–H groups in total. The molecule has 0 saturated heterocycles. The van der Waals surface area contributed by atoms with Gasteiger partial charge in [0, 0.05) is 36.6 Å². The van der Waals surface area contributed by atoms with E-state index in [4.69, 9.17) is 4.74 Å². The molecule has 3 aromatic heterocycles. The molecule has 0 radical (unpaired) electrons. The molecule has 0 bridgehead atoms. The van der Waals surface area contributed by atoms with Crippen LogP contribution < -0.4 is 10.3 Å². The number of aryl methyl sites for hydroxylation is 1. The number of benzene rings is 2. The molecular weight excluding hydrogens is 478 g/mol. The van der Waals surface area contributed by atoms with Crippen LogP contribution in [0.15, 0.2) is 77.9 Å². The minimum absolute atomic E-state index is 0.0924. The number of ether oxygens (including phenoxy) is 1. The Kier molecular flexibility index (Phi) is 7.55. The van der Waals surface area contributed by atoms with E-state index in [9.17, 15) is 4.79 Å². The minimum atomic E-state index is -0.129. The maximum atomic E-state index is 13.1. The Labute approximate surface area is 221 Å². The first-order valence-electron chi connectivity index (χ1n) is 12.7. The van der Waals surface area contributed by atoms with Gasteiger partial charge in [-0.3, -0.25) is 14.7 Å². The van der Waals surface area contributed by atoms with E-state index in [1.54, 1.807) is 13.3 Å². The van der Waals surface area contributed by atoms with Crippen LogP contribution in [0.4, 0.5) is 0 Å². The number of fused-ring (bicyclic) bond motifs is 1. The lowest BCUT2D eigenvalue weighted by molar-refractivity contribution is 0.161. The van der Waals surface area contributed by atoms with Crippen LogP contribution in [-0.2, 0) is 19.6 Å². The predicted octanol–water partition coefficient (Wildman–Crippen LogP) is 4.43. The summed E-state index contributed by atoms with van der Waals surface area (Å²) in [5.74, 6) is 1.55. The zero-order chi connectivity index (χ0) is 26.5. The first-order chi connectivity index (χ1) is 18.5. The zero-order valence-electron chi connectivity index (χ0n) is 21.8. The Morgan fingerprint density at radius 2 is 1.89 bits per heavy atom. The molecule has 3 heterocycles. The van der Waals surface area contributed by atoms with E-state index in [0.717, 1.165) is 45.6 Å². The maximum absolute atomic E-state index is 13.1. The van der Waals surface area contributed by atoms with Gasteiger partial charge >= 0.3 is 0 Å². The molecule has 38 heavy (non-hydrogen) atoms. The van der Waals surface area contributed by atoms with Gasteiger partial charge in [-0.15, -0.1) is 5.10 Å². The molecule has 1 atom stereocenters. The van der Waals surface area contributed by atoms with Crippen molar-refractivity contribution in [3.63, 3.8) is 0 Å². The van der Waals surface area contributed by atoms with Crippen LogP contribution in [0.3, 0.4) is 0 Å². The lowest BCUT2D eigenvalue weighted by Crippen LogP contribution is -2.32. The fourth-order valence-electron chi connectivity index (χ4n) is 4.78. The standard InChI is InChI=1S/C29H31N7O2/c1-4-27(28-32-33-34-36(28)18-21-8-10-25(38-3)11-9-21)35(17-22-6-5-13-30-16-22)19-24-15-23-14-20(2)7-12-26(23)31-29(24)37/h5-16,27H,4,17-19H2,1-3H3,(H,31,37). The number of rotatable bonds is 10. The molecule has 0 amide bonds. The number of H-pyrrole nitrogens is 1. The molecule has 2 aromatic carbocycles. The number of hydrogen-bond donors (Lipinski definition) is 1. The van der Waals surface area contributed by atoms with E-state index in [1.165, 1.54) is 0 Å². The monoisotopic (exact) mass is 509 g/mol. The van der Waals surface area contributed by atoms with Crippen molar-refractivity contribution >= 4 is 10.9 Å². The van der Waals surface area contributed by atoms with Crippen LogP contribution in [0.5, 0.6) is 5.75 Å². The number of hydrogen-bond acceptors (Lipinski definition) is 7. The van der Waals surface area contributed by atoms with Gasteiger partial charge < -0.3 is 9.72 Å². The minimum Gasteiger partial charge on any atom is -0.497 e. The van der Waals surface area contributed by atoms with Crippen LogP contribution in [0, 0.1) is 6.92 Å². The van der Waals surface area contributed by atoms with Crippen molar-refractivity contribution in [2.75, 3.05) is 7.11 Å². The molecule has 194 valence electrons. The molecule has 0 saturated carbocycles. The highest BCUT2D eigenvalue weighted by Crippen LogP contribution is 2.27. The van der Waals surface area contributed by atoms with Gasteiger partial charge in [-0.25, -0.2) is 4.68 Å². The summed E-state index contributed by atoms with van der Waals surface area (Å²) in [5, 5.41) is 13.8. The van der Waals surface area contributed by atoms with E-state index < -0.39 is 0 Å². The first-order valence-corrected chi connectivity index (χ1v) is 12.7. The normalized spacial score (nSPS) is 12.2. The molecule has 5 rings (SSSR count). The number of nitrogens with zero attached hydrogens (tertiary/aromatic N) is 6. The van der Waals surface area contributed by atoms with Gasteiger partial charge in [-0.2, -0.15) is 0 Å². The summed E-state index contributed by atoms with van der Waals surface area (Å²) in [6.07, 6.45) is 4.37. The van der Waals surface area contributed by atoms with Crippen molar-refractivity contribution in [2.24, 2.45) is 0 Å². The highest BCUT2D eigenvalue weighted by Gasteiger charge is 2.26. The summed E-state index contributed by atoms with van der Waals surface area (Å²) in [7, 11) is 1.65. The number of methoxy groups -OCH3 is 1. The molecule has 0 spiro atoms. The molecule has 0 aliphatic heterocycles. The van der Waals surface area contributed by atoms with Crippen molar-refractivity contribution in [2.45, 2.75) is 45.9 Å². The zero-order valence-corrected chi connectivity index (χ0v) is 21.8. The summed E-state index contributed by atoms with van der Waals surface area (Å²) < 4.78 is 7.12. The lowest BCUT2D eigenvalue weighted by Gasteiger charge is -2.30. The lowest BCUT2D eigenvalue weighted by atomic mass is 10.1. The summed E-state index contributed by atoms with van der Waals surface area (Å²) >= 11 is 0. The van der Waals surface area contributed by atoms with Crippen molar-refractivity contribution in [3.05, 3.63) is 111 Å². The molecule has 9 heteroatoms. The molecule has 5 aromatic rings. The molecule has 9 nitrogen and oxygen atoms in total. The van der Waals surface area contributed by atoms with Crippen LogP contribution in [-0.4, -0.2) is 42.2 Å². The number of aromatic nitrogens is 6. The van der Waals surface area contributed by atoms with Crippen LogP contribution >= 0.6 is 0 Å². The Balaban J connectivity index is 1.50. The quantitative estimate of drug-likeness (QED) is 0.297. The van der Waals surface area contributed by atoms with E-state index in [1.807, 2.05) is 65.5 Å². The second-order valence-corrected chi connectivity index (χ2v) is 9.45. The average Bonchev–Trinajstić information content (AvgIpc) is 3.38. The molecule has 0 aliphatic carbocycles. The second-order valence-electron chi connectivity index (χ2n) is 9.45. The van der Waals surface area contributed by atoms with Gasteiger partial charge in [0.1, 0.15) is 5.75 Å². The van der Waals surface area contributed by atoms with Crippen molar-refractivity contribution < 1.29 is 4.74 Å². The average molecular weight is 510 g/mol.